The number of rotatable bonds is 3. The molecular formula is C12H7N3O2S2. The van der Waals surface area contributed by atoms with E-state index in [9.17, 15) is 4.79 Å². The van der Waals surface area contributed by atoms with Crippen LogP contribution in [0.4, 0.5) is 0 Å². The van der Waals surface area contributed by atoms with Gasteiger partial charge in [0.25, 0.3) is 0 Å². The van der Waals surface area contributed by atoms with Crippen molar-refractivity contribution in [1.82, 2.24) is 15.0 Å². The number of aromatic nitrogens is 3. The number of hydrogen-bond donors (Lipinski definition) is 1. The summed E-state index contributed by atoms with van der Waals surface area (Å²) < 4.78 is 0. The van der Waals surface area contributed by atoms with Crippen molar-refractivity contribution in [3.8, 4) is 0 Å². The number of fused-ring (bicyclic) bond motifs is 1. The van der Waals surface area contributed by atoms with Crippen LogP contribution < -0.4 is 0 Å². The molecule has 94 valence electrons. The molecule has 3 aromatic rings. The smallest absolute Gasteiger partial charge is 0.337 e. The average molecular weight is 289 g/mol. The lowest BCUT2D eigenvalue weighted by atomic mass is 10.3. The van der Waals surface area contributed by atoms with Crippen LogP contribution in [0.5, 0.6) is 0 Å². The largest absolute Gasteiger partial charge is 0.478 e. The number of pyridine rings is 1. The molecule has 7 heteroatoms. The lowest BCUT2D eigenvalue weighted by Gasteiger charge is -2.01. The molecule has 0 spiro atoms. The van der Waals surface area contributed by atoms with Gasteiger partial charge in [-0.15, -0.1) is 11.3 Å². The van der Waals surface area contributed by atoms with Gasteiger partial charge in [0.1, 0.15) is 21.2 Å². The number of nitrogens with zero attached hydrogens (tertiary/aromatic N) is 3. The summed E-state index contributed by atoms with van der Waals surface area (Å²) in [7, 11) is 0. The fourth-order valence-corrected chi connectivity index (χ4v) is 3.13. The van der Waals surface area contributed by atoms with Crippen LogP contribution in [0.3, 0.4) is 0 Å². The lowest BCUT2D eigenvalue weighted by Crippen LogP contribution is -1.96. The third-order valence-electron chi connectivity index (χ3n) is 2.41. The summed E-state index contributed by atoms with van der Waals surface area (Å²) in [6, 6.07) is 5.17. The Labute approximate surface area is 116 Å². The first-order chi connectivity index (χ1) is 9.24. The third-order valence-corrected chi connectivity index (χ3v) is 4.20. The van der Waals surface area contributed by atoms with Crippen LogP contribution in [0.2, 0.25) is 0 Å². The molecule has 0 amide bonds. The minimum atomic E-state index is -0.980. The minimum absolute atomic E-state index is 0.174. The predicted octanol–water partition coefficient (Wildman–Crippen LogP) is 2.94. The zero-order chi connectivity index (χ0) is 13.2. The van der Waals surface area contributed by atoms with Crippen LogP contribution in [0.15, 0.2) is 46.2 Å². The summed E-state index contributed by atoms with van der Waals surface area (Å²) in [5.74, 6) is -0.980. The third kappa shape index (κ3) is 2.42. The van der Waals surface area contributed by atoms with Gasteiger partial charge in [0, 0.05) is 11.6 Å². The van der Waals surface area contributed by atoms with Gasteiger partial charge in [0.2, 0.25) is 0 Å². The summed E-state index contributed by atoms with van der Waals surface area (Å²) in [6.45, 7) is 0. The molecule has 0 aromatic carbocycles. The van der Waals surface area contributed by atoms with E-state index in [4.69, 9.17) is 5.11 Å². The van der Waals surface area contributed by atoms with Crippen LogP contribution in [0.25, 0.3) is 10.2 Å². The minimum Gasteiger partial charge on any atom is -0.478 e. The molecule has 3 rings (SSSR count). The Morgan fingerprint density at radius 2 is 2.11 bits per heavy atom. The van der Waals surface area contributed by atoms with Gasteiger partial charge in [0.15, 0.2) is 0 Å². The summed E-state index contributed by atoms with van der Waals surface area (Å²) >= 11 is 2.95. The Morgan fingerprint density at radius 3 is 2.84 bits per heavy atom. The number of aromatic carboxylic acids is 1. The highest BCUT2D eigenvalue weighted by molar-refractivity contribution is 7.99. The molecule has 3 aromatic heterocycles. The maximum Gasteiger partial charge on any atom is 0.337 e. The molecule has 3 heterocycles. The van der Waals surface area contributed by atoms with Crippen molar-refractivity contribution in [2.45, 2.75) is 10.1 Å². The Hall–Kier alpha value is -1.99. The highest BCUT2D eigenvalue weighted by atomic mass is 32.2. The van der Waals surface area contributed by atoms with Crippen molar-refractivity contribution in [1.29, 1.82) is 0 Å². The van der Waals surface area contributed by atoms with E-state index in [1.54, 1.807) is 17.4 Å². The molecule has 0 saturated heterocycles. The Balaban J connectivity index is 1.92. The van der Waals surface area contributed by atoms with Gasteiger partial charge < -0.3 is 5.11 Å². The fraction of sp³-hybridized carbons (Fsp3) is 0. The number of hydrogen-bond acceptors (Lipinski definition) is 6. The van der Waals surface area contributed by atoms with Gasteiger partial charge in [-0.05, 0) is 35.3 Å². The molecule has 0 saturated carbocycles. The van der Waals surface area contributed by atoms with Crippen molar-refractivity contribution in [3.63, 3.8) is 0 Å². The summed E-state index contributed by atoms with van der Waals surface area (Å²) in [4.78, 5) is 24.2. The van der Waals surface area contributed by atoms with Crippen LogP contribution in [0.1, 0.15) is 10.4 Å². The van der Waals surface area contributed by atoms with Crippen molar-refractivity contribution in [2.24, 2.45) is 0 Å². The van der Waals surface area contributed by atoms with Gasteiger partial charge in [-0.2, -0.15) is 0 Å². The first-order valence-corrected chi connectivity index (χ1v) is 6.99. The second kappa shape index (κ2) is 4.94. The molecule has 19 heavy (non-hydrogen) atoms. The van der Waals surface area contributed by atoms with E-state index < -0.39 is 5.97 Å². The first-order valence-electron chi connectivity index (χ1n) is 5.29. The Bertz CT molecular complexity index is 740. The van der Waals surface area contributed by atoms with E-state index in [0.717, 1.165) is 15.2 Å². The lowest BCUT2D eigenvalue weighted by molar-refractivity contribution is 0.0696. The predicted molar refractivity (Wildman–Crippen MR) is 72.7 cm³/mol. The zero-order valence-corrected chi connectivity index (χ0v) is 11.1. The molecule has 0 unspecified atom stereocenters. The van der Waals surface area contributed by atoms with E-state index >= 15 is 0 Å². The van der Waals surface area contributed by atoms with Crippen molar-refractivity contribution in [3.05, 3.63) is 41.7 Å². The summed E-state index contributed by atoms with van der Waals surface area (Å²) in [5.41, 5.74) is 0.174. The first kappa shape index (κ1) is 12.1. The summed E-state index contributed by atoms with van der Waals surface area (Å²) in [6.07, 6.45) is 2.86. The fourth-order valence-electron chi connectivity index (χ4n) is 1.51. The monoisotopic (exact) mass is 289 g/mol. The second-order valence-electron chi connectivity index (χ2n) is 3.61. The van der Waals surface area contributed by atoms with Crippen LogP contribution in [0, 0.1) is 0 Å². The van der Waals surface area contributed by atoms with Crippen LogP contribution in [-0.2, 0) is 0 Å². The van der Waals surface area contributed by atoms with Crippen molar-refractivity contribution in [2.75, 3.05) is 0 Å². The van der Waals surface area contributed by atoms with Gasteiger partial charge in [0.05, 0.1) is 5.56 Å². The van der Waals surface area contributed by atoms with Gasteiger partial charge in [-0.3, -0.25) is 0 Å². The standard InChI is InChI=1S/C12H7N3O2S2/c16-12(17)7-1-2-9(13-5-7)19-11-8-3-4-18-10(8)14-6-15-11/h1-6H,(H,16,17). The maximum atomic E-state index is 10.7. The average Bonchev–Trinajstić information content (AvgIpc) is 2.89. The highest BCUT2D eigenvalue weighted by Gasteiger charge is 2.08. The Morgan fingerprint density at radius 1 is 1.21 bits per heavy atom. The molecule has 1 N–H and O–H groups in total. The molecule has 0 bridgehead atoms. The number of carbonyl (C=O) groups is 1. The molecular weight excluding hydrogens is 282 g/mol. The summed E-state index contributed by atoms with van der Waals surface area (Å²) in [5, 5.41) is 13.3. The van der Waals surface area contributed by atoms with Crippen molar-refractivity contribution >= 4 is 39.3 Å². The van der Waals surface area contributed by atoms with Crippen LogP contribution >= 0.6 is 23.1 Å². The number of thiophene rings is 1. The quantitative estimate of drug-likeness (QED) is 0.747. The van der Waals surface area contributed by atoms with Crippen molar-refractivity contribution < 1.29 is 9.90 Å². The van der Waals surface area contributed by atoms with E-state index in [1.807, 2.05) is 11.4 Å². The van der Waals surface area contributed by atoms with Gasteiger partial charge in [-0.1, -0.05) is 0 Å². The number of carboxylic acids is 1. The van der Waals surface area contributed by atoms with E-state index in [1.165, 1.54) is 30.4 Å². The molecule has 5 nitrogen and oxygen atoms in total. The second-order valence-corrected chi connectivity index (χ2v) is 5.51. The van der Waals surface area contributed by atoms with E-state index in [2.05, 4.69) is 15.0 Å². The van der Waals surface area contributed by atoms with Gasteiger partial charge in [-0.25, -0.2) is 19.7 Å². The normalized spacial score (nSPS) is 10.7. The molecule has 0 radical (unpaired) electrons. The van der Waals surface area contributed by atoms with Crippen LogP contribution in [-0.4, -0.2) is 26.0 Å². The topological polar surface area (TPSA) is 76.0 Å². The Kier molecular flexibility index (Phi) is 3.14. The zero-order valence-electron chi connectivity index (χ0n) is 9.48. The van der Waals surface area contributed by atoms with Gasteiger partial charge >= 0.3 is 5.97 Å². The SMILES string of the molecule is O=C(O)c1ccc(Sc2ncnc3sccc23)nc1. The molecule has 0 fully saturated rings. The molecule has 0 aliphatic heterocycles. The molecule has 0 aliphatic rings. The van der Waals surface area contributed by atoms with E-state index in [-0.39, 0.29) is 5.56 Å². The number of carboxylic acid groups (broad SMARTS) is 1. The molecule has 0 aliphatic carbocycles. The highest BCUT2D eigenvalue weighted by Crippen LogP contribution is 2.31. The maximum absolute atomic E-state index is 10.7. The van der Waals surface area contributed by atoms with E-state index in [0.29, 0.717) is 5.03 Å². The molecule has 0 atom stereocenters.